The van der Waals surface area contributed by atoms with Gasteiger partial charge in [0, 0.05) is 18.2 Å². The number of hydrogen-bond acceptors (Lipinski definition) is 4. The molecule has 0 radical (unpaired) electrons. The normalized spacial score (nSPS) is 17.0. The summed E-state index contributed by atoms with van der Waals surface area (Å²) >= 11 is 0. The topological polar surface area (TPSA) is 66.6 Å². The Balaban J connectivity index is 1.60. The number of hydrogen-bond donors (Lipinski definition) is 1. The third kappa shape index (κ3) is 3.31. The van der Waals surface area contributed by atoms with E-state index in [1.165, 1.54) is 0 Å². The predicted molar refractivity (Wildman–Crippen MR) is 77.6 cm³/mol. The first-order chi connectivity index (χ1) is 10.2. The summed E-state index contributed by atoms with van der Waals surface area (Å²) in [6.45, 7) is 2.30. The molecule has 2 heterocycles. The lowest BCUT2D eigenvalue weighted by molar-refractivity contribution is -0.143. The third-order valence-corrected chi connectivity index (χ3v) is 3.94. The van der Waals surface area contributed by atoms with E-state index in [0.29, 0.717) is 19.4 Å². The van der Waals surface area contributed by atoms with Crippen molar-refractivity contribution in [2.75, 3.05) is 13.1 Å². The van der Waals surface area contributed by atoms with Crippen molar-refractivity contribution in [1.29, 1.82) is 0 Å². The molecule has 1 aromatic carbocycles. The molecule has 2 aromatic rings. The quantitative estimate of drug-likeness (QED) is 0.936. The lowest BCUT2D eigenvalue weighted by Gasteiger charge is -2.29. The van der Waals surface area contributed by atoms with Crippen LogP contribution in [0, 0.1) is 5.92 Å². The van der Waals surface area contributed by atoms with Crippen molar-refractivity contribution in [2.45, 2.75) is 19.4 Å². The lowest BCUT2D eigenvalue weighted by atomic mass is 9.97. The largest absolute Gasteiger partial charge is 0.481 e. The van der Waals surface area contributed by atoms with E-state index < -0.39 is 5.97 Å². The van der Waals surface area contributed by atoms with Gasteiger partial charge in [0.2, 0.25) is 0 Å². The van der Waals surface area contributed by atoms with Gasteiger partial charge in [-0.3, -0.25) is 9.69 Å². The number of carboxylic acid groups (broad SMARTS) is 1. The second kappa shape index (κ2) is 6.10. The second-order valence-corrected chi connectivity index (χ2v) is 5.44. The van der Waals surface area contributed by atoms with Crippen LogP contribution in [0.4, 0.5) is 0 Å². The maximum Gasteiger partial charge on any atom is 0.306 e. The van der Waals surface area contributed by atoms with Gasteiger partial charge < -0.3 is 9.63 Å². The summed E-state index contributed by atoms with van der Waals surface area (Å²) in [6.07, 6.45) is 1.41. The van der Waals surface area contributed by atoms with Gasteiger partial charge in [0.15, 0.2) is 5.76 Å². The molecule has 0 aliphatic carbocycles. The fourth-order valence-corrected chi connectivity index (χ4v) is 2.69. The van der Waals surface area contributed by atoms with Crippen molar-refractivity contribution in [2.24, 2.45) is 5.92 Å². The van der Waals surface area contributed by atoms with Crippen molar-refractivity contribution in [1.82, 2.24) is 10.1 Å². The Morgan fingerprint density at radius 1 is 1.29 bits per heavy atom. The van der Waals surface area contributed by atoms with E-state index in [2.05, 4.69) is 10.1 Å². The Bertz CT molecular complexity index is 601. The highest BCUT2D eigenvalue weighted by Crippen LogP contribution is 2.22. The van der Waals surface area contributed by atoms with Crippen LogP contribution in [-0.4, -0.2) is 34.2 Å². The van der Waals surface area contributed by atoms with Crippen LogP contribution in [0.1, 0.15) is 18.5 Å². The second-order valence-electron chi connectivity index (χ2n) is 5.44. The van der Waals surface area contributed by atoms with Crippen LogP contribution in [0.5, 0.6) is 0 Å². The van der Waals surface area contributed by atoms with E-state index in [0.717, 1.165) is 30.1 Å². The summed E-state index contributed by atoms with van der Waals surface area (Å²) in [4.78, 5) is 13.2. The van der Waals surface area contributed by atoms with Gasteiger partial charge in [0.05, 0.1) is 11.6 Å². The smallest absolute Gasteiger partial charge is 0.306 e. The van der Waals surface area contributed by atoms with Crippen LogP contribution in [-0.2, 0) is 11.3 Å². The van der Waals surface area contributed by atoms with Gasteiger partial charge in [-0.25, -0.2) is 0 Å². The molecule has 1 N–H and O–H groups in total. The van der Waals surface area contributed by atoms with Crippen LogP contribution in [0.25, 0.3) is 11.3 Å². The zero-order chi connectivity index (χ0) is 14.7. The summed E-state index contributed by atoms with van der Waals surface area (Å²) in [5.41, 5.74) is 1.91. The molecule has 21 heavy (non-hydrogen) atoms. The van der Waals surface area contributed by atoms with Crippen molar-refractivity contribution < 1.29 is 14.4 Å². The highest BCUT2D eigenvalue weighted by Gasteiger charge is 2.24. The predicted octanol–water partition coefficient (Wildman–Crippen LogP) is 2.64. The van der Waals surface area contributed by atoms with E-state index >= 15 is 0 Å². The van der Waals surface area contributed by atoms with Crippen LogP contribution < -0.4 is 0 Å². The number of aromatic nitrogens is 1. The number of benzene rings is 1. The van der Waals surface area contributed by atoms with Crippen LogP contribution in [0.3, 0.4) is 0 Å². The lowest BCUT2D eigenvalue weighted by Crippen LogP contribution is -2.35. The Morgan fingerprint density at radius 2 is 2.00 bits per heavy atom. The number of likely N-dealkylation sites (tertiary alicyclic amines) is 1. The molecule has 0 bridgehead atoms. The molecule has 1 aliphatic rings. The molecule has 3 rings (SSSR count). The zero-order valence-electron chi connectivity index (χ0n) is 11.7. The summed E-state index contributed by atoms with van der Waals surface area (Å²) in [7, 11) is 0. The van der Waals surface area contributed by atoms with E-state index in [-0.39, 0.29) is 5.92 Å². The molecule has 0 atom stereocenters. The minimum absolute atomic E-state index is 0.196. The average molecular weight is 286 g/mol. The van der Waals surface area contributed by atoms with Gasteiger partial charge in [-0.05, 0) is 25.9 Å². The molecule has 5 nitrogen and oxygen atoms in total. The minimum Gasteiger partial charge on any atom is -0.481 e. The van der Waals surface area contributed by atoms with Crippen LogP contribution in [0.2, 0.25) is 0 Å². The molecule has 5 heteroatoms. The molecule has 0 saturated carbocycles. The zero-order valence-corrected chi connectivity index (χ0v) is 11.7. The Hall–Kier alpha value is -2.14. The molecule has 1 aliphatic heterocycles. The van der Waals surface area contributed by atoms with Crippen molar-refractivity contribution >= 4 is 5.97 Å². The first kappa shape index (κ1) is 13.8. The Labute approximate surface area is 123 Å². The fourth-order valence-electron chi connectivity index (χ4n) is 2.69. The molecule has 0 unspecified atom stereocenters. The Kier molecular flexibility index (Phi) is 4.01. The number of carbonyl (C=O) groups is 1. The number of piperidine rings is 1. The maximum atomic E-state index is 10.9. The van der Waals surface area contributed by atoms with Crippen LogP contribution >= 0.6 is 0 Å². The first-order valence-electron chi connectivity index (χ1n) is 7.18. The number of carboxylic acids is 1. The standard InChI is InChI=1S/C16H18N2O3/c19-16(20)13-6-8-18(9-7-13)11-14-10-15(21-17-14)12-4-2-1-3-5-12/h1-5,10,13H,6-9,11H2,(H,19,20). The average Bonchev–Trinajstić information content (AvgIpc) is 2.97. The van der Waals surface area contributed by atoms with E-state index in [4.69, 9.17) is 9.63 Å². The number of rotatable bonds is 4. The molecular weight excluding hydrogens is 268 g/mol. The Morgan fingerprint density at radius 3 is 2.67 bits per heavy atom. The molecule has 1 fully saturated rings. The highest BCUT2D eigenvalue weighted by atomic mass is 16.5. The fraction of sp³-hybridized carbons (Fsp3) is 0.375. The van der Waals surface area contributed by atoms with Crippen LogP contribution in [0.15, 0.2) is 40.9 Å². The van der Waals surface area contributed by atoms with Gasteiger partial charge in [-0.1, -0.05) is 35.5 Å². The molecule has 110 valence electrons. The summed E-state index contributed by atoms with van der Waals surface area (Å²) in [5, 5.41) is 13.1. The third-order valence-electron chi connectivity index (χ3n) is 3.94. The van der Waals surface area contributed by atoms with Crippen molar-refractivity contribution in [3.8, 4) is 11.3 Å². The summed E-state index contributed by atoms with van der Waals surface area (Å²) in [5.74, 6) is -0.105. The van der Waals surface area contributed by atoms with Gasteiger partial charge in [-0.2, -0.15) is 0 Å². The molecule has 0 amide bonds. The molecular formula is C16H18N2O3. The minimum atomic E-state index is -0.678. The molecule has 0 spiro atoms. The molecule has 1 saturated heterocycles. The number of nitrogens with zero attached hydrogens (tertiary/aromatic N) is 2. The van der Waals surface area contributed by atoms with E-state index in [9.17, 15) is 4.79 Å². The van der Waals surface area contributed by atoms with Gasteiger partial charge >= 0.3 is 5.97 Å². The maximum absolute atomic E-state index is 10.9. The summed E-state index contributed by atoms with van der Waals surface area (Å²) < 4.78 is 5.38. The highest BCUT2D eigenvalue weighted by molar-refractivity contribution is 5.70. The van der Waals surface area contributed by atoms with Crippen molar-refractivity contribution in [3.63, 3.8) is 0 Å². The number of aliphatic carboxylic acids is 1. The van der Waals surface area contributed by atoms with E-state index in [1.807, 2.05) is 36.4 Å². The van der Waals surface area contributed by atoms with E-state index in [1.54, 1.807) is 0 Å². The molecule has 1 aromatic heterocycles. The van der Waals surface area contributed by atoms with Gasteiger partial charge in [0.25, 0.3) is 0 Å². The first-order valence-corrected chi connectivity index (χ1v) is 7.18. The SMILES string of the molecule is O=C(O)C1CCN(Cc2cc(-c3ccccc3)on2)CC1. The van der Waals surface area contributed by atoms with Gasteiger partial charge in [-0.15, -0.1) is 0 Å². The van der Waals surface area contributed by atoms with Crippen molar-refractivity contribution in [3.05, 3.63) is 42.1 Å². The monoisotopic (exact) mass is 286 g/mol. The van der Waals surface area contributed by atoms with Gasteiger partial charge in [0.1, 0.15) is 0 Å². The summed E-state index contributed by atoms with van der Waals surface area (Å²) in [6, 6.07) is 11.8.